The van der Waals surface area contributed by atoms with E-state index in [9.17, 15) is 4.79 Å². The van der Waals surface area contributed by atoms with Gasteiger partial charge in [0.15, 0.2) is 0 Å². The zero-order valence-electron chi connectivity index (χ0n) is 5.83. The van der Waals surface area contributed by atoms with Crippen molar-refractivity contribution in [2.45, 2.75) is 0 Å². The number of hydrogen-bond acceptors (Lipinski definition) is 4. The summed E-state index contributed by atoms with van der Waals surface area (Å²) >= 11 is 0. The molecule has 0 aromatic heterocycles. The van der Waals surface area contributed by atoms with Crippen molar-refractivity contribution < 1.29 is 14.6 Å². The van der Waals surface area contributed by atoms with E-state index in [4.69, 9.17) is 5.11 Å². The molecule has 0 heterocycles. The van der Waals surface area contributed by atoms with E-state index in [1.165, 1.54) is 19.4 Å². The van der Waals surface area contributed by atoms with Crippen LogP contribution in [0, 0.1) is 0 Å². The maximum absolute atomic E-state index is 10.4. The molecule has 0 aliphatic heterocycles. The smallest absolute Gasteiger partial charge is 0.331 e. The lowest BCUT2D eigenvalue weighted by Crippen LogP contribution is -2.11. The Morgan fingerprint density at radius 1 is 1.80 bits per heavy atom. The van der Waals surface area contributed by atoms with Crippen LogP contribution in [0.15, 0.2) is 12.3 Å². The molecule has 4 nitrogen and oxygen atoms in total. The maximum Gasteiger partial charge on any atom is 0.331 e. The largest absolute Gasteiger partial charge is 0.466 e. The van der Waals surface area contributed by atoms with Crippen LogP contribution < -0.4 is 5.32 Å². The molecule has 4 heteroatoms. The molecular formula is C6H11NO3. The van der Waals surface area contributed by atoms with E-state index in [0.717, 1.165) is 0 Å². The standard InChI is InChI=1S/C6H11NO3/c1-10-6(9)2-3-7-4-5-8/h2-3,7-8H,4-5H2,1H3/b3-2+. The van der Waals surface area contributed by atoms with Gasteiger partial charge in [0.1, 0.15) is 0 Å². The predicted octanol–water partition coefficient (Wildman–Crippen LogP) is -0.745. The average Bonchev–Trinajstić information content (AvgIpc) is 1.98. The highest BCUT2D eigenvalue weighted by Gasteiger charge is 1.87. The van der Waals surface area contributed by atoms with Crippen molar-refractivity contribution in [2.24, 2.45) is 0 Å². The summed E-state index contributed by atoms with van der Waals surface area (Å²) < 4.78 is 4.30. The number of methoxy groups -OCH3 is 1. The van der Waals surface area contributed by atoms with Crippen LogP contribution in [0.25, 0.3) is 0 Å². The molecule has 0 saturated heterocycles. The zero-order chi connectivity index (χ0) is 7.82. The monoisotopic (exact) mass is 145 g/mol. The van der Waals surface area contributed by atoms with E-state index >= 15 is 0 Å². The summed E-state index contributed by atoms with van der Waals surface area (Å²) in [6, 6.07) is 0. The van der Waals surface area contributed by atoms with Crippen molar-refractivity contribution >= 4 is 5.97 Å². The van der Waals surface area contributed by atoms with Gasteiger partial charge in [0.05, 0.1) is 13.7 Å². The predicted molar refractivity (Wildman–Crippen MR) is 36.2 cm³/mol. The fraction of sp³-hybridized carbons (Fsp3) is 0.500. The number of esters is 1. The van der Waals surface area contributed by atoms with Crippen molar-refractivity contribution in [3.63, 3.8) is 0 Å². The van der Waals surface area contributed by atoms with Gasteiger partial charge >= 0.3 is 5.97 Å². The van der Waals surface area contributed by atoms with Gasteiger partial charge < -0.3 is 15.2 Å². The van der Waals surface area contributed by atoms with Crippen molar-refractivity contribution in [3.05, 3.63) is 12.3 Å². The maximum atomic E-state index is 10.4. The Balaban J connectivity index is 3.27. The summed E-state index contributed by atoms with van der Waals surface area (Å²) in [5, 5.41) is 10.9. The van der Waals surface area contributed by atoms with Crippen LogP contribution in [0.2, 0.25) is 0 Å². The van der Waals surface area contributed by atoms with Gasteiger partial charge in [-0.3, -0.25) is 0 Å². The first-order valence-electron chi connectivity index (χ1n) is 2.90. The zero-order valence-corrected chi connectivity index (χ0v) is 5.83. The van der Waals surface area contributed by atoms with Crippen molar-refractivity contribution in [3.8, 4) is 0 Å². The van der Waals surface area contributed by atoms with E-state index < -0.39 is 5.97 Å². The van der Waals surface area contributed by atoms with Gasteiger partial charge in [-0.15, -0.1) is 0 Å². The molecule has 2 N–H and O–H groups in total. The summed E-state index contributed by atoms with van der Waals surface area (Å²) in [7, 11) is 1.30. The molecule has 0 atom stereocenters. The van der Waals surface area contributed by atoms with E-state index in [0.29, 0.717) is 6.54 Å². The summed E-state index contributed by atoms with van der Waals surface area (Å²) in [6.45, 7) is 0.485. The molecule has 0 fully saturated rings. The second-order valence-corrected chi connectivity index (χ2v) is 1.53. The Labute approximate surface area is 59.5 Å². The molecule has 0 bridgehead atoms. The number of rotatable bonds is 4. The van der Waals surface area contributed by atoms with Gasteiger partial charge in [0.25, 0.3) is 0 Å². The number of hydrogen-bond donors (Lipinski definition) is 2. The molecule has 0 amide bonds. The molecule has 10 heavy (non-hydrogen) atoms. The molecule has 0 unspecified atom stereocenters. The third-order valence-electron chi connectivity index (χ3n) is 0.795. The number of carbonyl (C=O) groups excluding carboxylic acids is 1. The van der Waals surface area contributed by atoms with E-state index in [1.54, 1.807) is 0 Å². The minimum Gasteiger partial charge on any atom is -0.466 e. The van der Waals surface area contributed by atoms with Gasteiger partial charge in [-0.05, 0) is 0 Å². The van der Waals surface area contributed by atoms with Crippen molar-refractivity contribution in [1.82, 2.24) is 5.32 Å². The summed E-state index contributed by atoms with van der Waals surface area (Å²) in [6.07, 6.45) is 2.68. The molecule has 0 aromatic carbocycles. The number of ether oxygens (including phenoxy) is 1. The number of carbonyl (C=O) groups is 1. The first kappa shape index (κ1) is 8.97. The highest BCUT2D eigenvalue weighted by atomic mass is 16.5. The Bertz CT molecular complexity index is 122. The van der Waals surface area contributed by atoms with Crippen molar-refractivity contribution in [1.29, 1.82) is 0 Å². The molecule has 0 radical (unpaired) electrons. The number of nitrogens with one attached hydrogen (secondary N) is 1. The molecule has 0 saturated carbocycles. The fourth-order valence-corrected chi connectivity index (χ4v) is 0.343. The Hall–Kier alpha value is -1.03. The number of aliphatic hydroxyl groups is 1. The third-order valence-corrected chi connectivity index (χ3v) is 0.795. The quantitative estimate of drug-likeness (QED) is 0.310. The first-order valence-corrected chi connectivity index (χ1v) is 2.90. The van der Waals surface area contributed by atoms with Crippen LogP contribution in [0.1, 0.15) is 0 Å². The normalized spacial score (nSPS) is 9.80. The van der Waals surface area contributed by atoms with Crippen LogP contribution in [0.5, 0.6) is 0 Å². The fourth-order valence-electron chi connectivity index (χ4n) is 0.343. The minimum absolute atomic E-state index is 0.0471. The lowest BCUT2D eigenvalue weighted by molar-refractivity contribution is -0.134. The first-order chi connectivity index (χ1) is 4.81. The van der Waals surface area contributed by atoms with E-state index in [-0.39, 0.29) is 6.61 Å². The molecule has 58 valence electrons. The van der Waals surface area contributed by atoms with Gasteiger partial charge in [-0.1, -0.05) is 0 Å². The van der Waals surface area contributed by atoms with Gasteiger partial charge in [0, 0.05) is 18.8 Å². The van der Waals surface area contributed by atoms with Crippen LogP contribution >= 0.6 is 0 Å². The second kappa shape index (κ2) is 6.10. The molecule has 0 aliphatic rings. The summed E-state index contributed by atoms with van der Waals surface area (Å²) in [4.78, 5) is 10.4. The molecule has 0 aliphatic carbocycles. The van der Waals surface area contributed by atoms with Gasteiger partial charge in [-0.2, -0.15) is 0 Å². The summed E-state index contributed by atoms with van der Waals surface area (Å²) in [5.41, 5.74) is 0. The third kappa shape index (κ3) is 5.11. The lowest BCUT2D eigenvalue weighted by Gasteiger charge is -1.93. The van der Waals surface area contributed by atoms with Gasteiger partial charge in [-0.25, -0.2) is 4.79 Å². The molecular weight excluding hydrogens is 134 g/mol. The molecule has 0 rings (SSSR count). The topological polar surface area (TPSA) is 58.6 Å². The van der Waals surface area contributed by atoms with Crippen LogP contribution in [-0.4, -0.2) is 31.3 Å². The Morgan fingerprint density at radius 3 is 3.00 bits per heavy atom. The van der Waals surface area contributed by atoms with Crippen LogP contribution in [-0.2, 0) is 9.53 Å². The van der Waals surface area contributed by atoms with E-state index in [2.05, 4.69) is 10.1 Å². The number of aliphatic hydroxyl groups excluding tert-OH is 1. The van der Waals surface area contributed by atoms with Crippen molar-refractivity contribution in [2.75, 3.05) is 20.3 Å². The Kier molecular flexibility index (Phi) is 5.47. The minimum atomic E-state index is -0.412. The SMILES string of the molecule is COC(=O)/C=C/NCCO. The molecule has 0 spiro atoms. The van der Waals surface area contributed by atoms with Crippen LogP contribution in [0.3, 0.4) is 0 Å². The molecule has 0 aromatic rings. The van der Waals surface area contributed by atoms with E-state index in [1.807, 2.05) is 0 Å². The van der Waals surface area contributed by atoms with Crippen LogP contribution in [0.4, 0.5) is 0 Å². The highest BCUT2D eigenvalue weighted by molar-refractivity contribution is 5.81. The highest BCUT2D eigenvalue weighted by Crippen LogP contribution is 1.73. The Morgan fingerprint density at radius 2 is 2.50 bits per heavy atom. The second-order valence-electron chi connectivity index (χ2n) is 1.53. The average molecular weight is 145 g/mol. The summed E-state index contributed by atoms with van der Waals surface area (Å²) in [5.74, 6) is -0.412. The van der Waals surface area contributed by atoms with Gasteiger partial charge in [0.2, 0.25) is 0 Å². The lowest BCUT2D eigenvalue weighted by atomic mass is 10.6.